The number of unbranched alkanes of at least 4 members (excludes halogenated alkanes) is 7. The van der Waals surface area contributed by atoms with Crippen LogP contribution in [0.2, 0.25) is 0 Å². The number of allylic oxidation sites excluding steroid dienone is 6. The molecule has 0 atom stereocenters. The molecular formula is C20H34O2. The van der Waals surface area contributed by atoms with Crippen molar-refractivity contribution >= 4 is 5.97 Å². The van der Waals surface area contributed by atoms with Gasteiger partial charge in [-0.1, -0.05) is 75.5 Å². The maximum Gasteiger partial charge on any atom is 0.305 e. The second kappa shape index (κ2) is 17.7. The number of carbonyl (C=O) groups is 1. The van der Waals surface area contributed by atoms with Crippen LogP contribution in [0.5, 0.6) is 0 Å². The maximum absolute atomic E-state index is 11.1. The first-order chi connectivity index (χ1) is 10.8. The summed E-state index contributed by atoms with van der Waals surface area (Å²) in [6, 6.07) is 0. The molecule has 0 aliphatic carbocycles. The Bertz CT molecular complexity index is 327. The second-order valence-electron chi connectivity index (χ2n) is 5.49. The highest BCUT2D eigenvalue weighted by Crippen LogP contribution is 2.08. The molecule has 0 N–H and O–H groups in total. The topological polar surface area (TPSA) is 26.3 Å². The van der Waals surface area contributed by atoms with Gasteiger partial charge >= 0.3 is 5.97 Å². The van der Waals surface area contributed by atoms with E-state index in [1.807, 2.05) is 6.92 Å². The van der Waals surface area contributed by atoms with E-state index in [0.29, 0.717) is 13.0 Å². The molecule has 126 valence electrons. The van der Waals surface area contributed by atoms with Crippen LogP contribution in [0, 0.1) is 0 Å². The van der Waals surface area contributed by atoms with Gasteiger partial charge in [0.15, 0.2) is 0 Å². The van der Waals surface area contributed by atoms with Gasteiger partial charge < -0.3 is 4.74 Å². The molecule has 0 aromatic carbocycles. The van der Waals surface area contributed by atoms with Crippen LogP contribution in [0.3, 0.4) is 0 Å². The van der Waals surface area contributed by atoms with Crippen molar-refractivity contribution < 1.29 is 9.53 Å². The molecule has 0 bridgehead atoms. The monoisotopic (exact) mass is 306 g/mol. The van der Waals surface area contributed by atoms with Crippen molar-refractivity contribution in [1.29, 1.82) is 0 Å². The average molecular weight is 306 g/mol. The number of rotatable bonds is 14. The molecule has 0 unspecified atom stereocenters. The fraction of sp³-hybridized carbons (Fsp3) is 0.650. The molecule has 0 heterocycles. The van der Waals surface area contributed by atoms with Gasteiger partial charge in [-0.15, -0.1) is 0 Å². The smallest absolute Gasteiger partial charge is 0.305 e. The average Bonchev–Trinajstić information content (AvgIpc) is 2.51. The summed E-state index contributed by atoms with van der Waals surface area (Å²) in [6.07, 6.45) is 24.1. The summed E-state index contributed by atoms with van der Waals surface area (Å²) in [6.45, 7) is 4.56. The van der Waals surface area contributed by atoms with E-state index >= 15 is 0 Å². The fourth-order valence-electron chi connectivity index (χ4n) is 2.09. The molecule has 0 saturated heterocycles. The summed E-state index contributed by atoms with van der Waals surface area (Å²) < 4.78 is 4.90. The number of ether oxygens (including phenoxy) is 1. The first-order valence-electron chi connectivity index (χ1n) is 8.95. The Morgan fingerprint density at radius 3 is 2.00 bits per heavy atom. The van der Waals surface area contributed by atoms with Crippen LogP contribution in [-0.2, 0) is 9.53 Å². The predicted octanol–water partition coefficient (Wildman–Crippen LogP) is 6.14. The third-order valence-corrected chi connectivity index (χ3v) is 3.39. The van der Waals surface area contributed by atoms with Crippen molar-refractivity contribution in [2.75, 3.05) is 6.61 Å². The van der Waals surface area contributed by atoms with Gasteiger partial charge in [-0.2, -0.15) is 0 Å². The minimum Gasteiger partial charge on any atom is -0.466 e. The number of hydrogen-bond donors (Lipinski definition) is 0. The third-order valence-electron chi connectivity index (χ3n) is 3.39. The quantitative estimate of drug-likeness (QED) is 0.219. The lowest BCUT2D eigenvalue weighted by atomic mass is 10.1. The summed E-state index contributed by atoms with van der Waals surface area (Å²) in [7, 11) is 0. The lowest BCUT2D eigenvalue weighted by Crippen LogP contribution is -2.03. The molecular weight excluding hydrogens is 272 g/mol. The summed E-state index contributed by atoms with van der Waals surface area (Å²) in [5.74, 6) is -0.0547. The van der Waals surface area contributed by atoms with E-state index < -0.39 is 0 Å². The zero-order valence-corrected chi connectivity index (χ0v) is 14.6. The highest BCUT2D eigenvalue weighted by atomic mass is 16.5. The van der Waals surface area contributed by atoms with Crippen LogP contribution in [0.4, 0.5) is 0 Å². The van der Waals surface area contributed by atoms with Crippen LogP contribution >= 0.6 is 0 Å². The molecule has 2 heteroatoms. The van der Waals surface area contributed by atoms with Crippen molar-refractivity contribution in [3.05, 3.63) is 36.5 Å². The van der Waals surface area contributed by atoms with E-state index in [0.717, 1.165) is 19.3 Å². The standard InChI is InChI=1S/C20H34O2/c1-3-5-6-7-8-9-10-11-12-13-14-15-16-17-18-19-20(21)22-4-2/h7-12H,3-6,13-19H2,1-2H3/b8-7+,10-9+,12-11-. The van der Waals surface area contributed by atoms with Crippen LogP contribution in [-0.4, -0.2) is 12.6 Å². The highest BCUT2D eigenvalue weighted by molar-refractivity contribution is 5.69. The first kappa shape index (κ1) is 20.7. The van der Waals surface area contributed by atoms with Gasteiger partial charge in [0.1, 0.15) is 0 Å². The van der Waals surface area contributed by atoms with Gasteiger partial charge in [-0.25, -0.2) is 0 Å². The summed E-state index contributed by atoms with van der Waals surface area (Å²) in [5, 5.41) is 0. The Hall–Kier alpha value is -1.31. The molecule has 0 aliphatic rings. The Morgan fingerprint density at radius 1 is 0.773 bits per heavy atom. The van der Waals surface area contributed by atoms with Gasteiger partial charge in [0.2, 0.25) is 0 Å². The Labute approximate surface area is 137 Å². The van der Waals surface area contributed by atoms with E-state index in [1.54, 1.807) is 0 Å². The molecule has 0 amide bonds. The minimum atomic E-state index is -0.0547. The van der Waals surface area contributed by atoms with Gasteiger partial charge in [0, 0.05) is 6.42 Å². The van der Waals surface area contributed by atoms with Crippen LogP contribution < -0.4 is 0 Å². The first-order valence-corrected chi connectivity index (χ1v) is 8.95. The second-order valence-corrected chi connectivity index (χ2v) is 5.49. The molecule has 0 aliphatic heterocycles. The summed E-state index contributed by atoms with van der Waals surface area (Å²) in [4.78, 5) is 11.1. The van der Waals surface area contributed by atoms with Crippen LogP contribution in [0.25, 0.3) is 0 Å². The SMILES string of the molecule is CCCC/C=C/C=C/C=C\CCCCCCCC(=O)OCC. The Kier molecular flexibility index (Phi) is 16.7. The van der Waals surface area contributed by atoms with Crippen molar-refractivity contribution in [2.45, 2.75) is 78.1 Å². The summed E-state index contributed by atoms with van der Waals surface area (Å²) >= 11 is 0. The lowest BCUT2D eigenvalue weighted by Gasteiger charge is -2.01. The molecule has 0 radical (unpaired) electrons. The lowest BCUT2D eigenvalue weighted by molar-refractivity contribution is -0.143. The van der Waals surface area contributed by atoms with E-state index in [4.69, 9.17) is 4.74 Å². The van der Waals surface area contributed by atoms with Crippen molar-refractivity contribution in [3.8, 4) is 0 Å². The van der Waals surface area contributed by atoms with Crippen LogP contribution in [0.1, 0.15) is 78.1 Å². The van der Waals surface area contributed by atoms with Crippen molar-refractivity contribution in [2.24, 2.45) is 0 Å². The molecule has 22 heavy (non-hydrogen) atoms. The van der Waals surface area contributed by atoms with Gasteiger partial charge in [-0.3, -0.25) is 4.79 Å². The van der Waals surface area contributed by atoms with Crippen molar-refractivity contribution in [3.63, 3.8) is 0 Å². The number of carbonyl (C=O) groups excluding carboxylic acids is 1. The molecule has 0 aromatic heterocycles. The zero-order valence-electron chi connectivity index (χ0n) is 14.6. The third kappa shape index (κ3) is 16.7. The zero-order chi connectivity index (χ0) is 16.3. The molecule has 0 aromatic rings. The minimum absolute atomic E-state index is 0.0547. The summed E-state index contributed by atoms with van der Waals surface area (Å²) in [5.41, 5.74) is 0. The molecule has 0 saturated carbocycles. The molecule has 2 nitrogen and oxygen atoms in total. The number of hydrogen-bond acceptors (Lipinski definition) is 2. The molecule has 0 fully saturated rings. The normalized spacial score (nSPS) is 11.9. The van der Waals surface area contributed by atoms with Crippen molar-refractivity contribution in [1.82, 2.24) is 0 Å². The highest BCUT2D eigenvalue weighted by Gasteiger charge is 2.00. The predicted molar refractivity (Wildman–Crippen MR) is 95.9 cm³/mol. The van der Waals surface area contributed by atoms with Crippen LogP contribution in [0.15, 0.2) is 36.5 Å². The van der Waals surface area contributed by atoms with E-state index in [-0.39, 0.29) is 5.97 Å². The Morgan fingerprint density at radius 2 is 1.36 bits per heavy atom. The Balaban J connectivity index is 3.31. The number of esters is 1. The molecule has 0 spiro atoms. The van der Waals surface area contributed by atoms with E-state index in [9.17, 15) is 4.79 Å². The van der Waals surface area contributed by atoms with E-state index in [2.05, 4.69) is 43.4 Å². The van der Waals surface area contributed by atoms with E-state index in [1.165, 1.54) is 38.5 Å². The largest absolute Gasteiger partial charge is 0.466 e. The van der Waals surface area contributed by atoms with Gasteiger partial charge in [0.05, 0.1) is 6.61 Å². The maximum atomic E-state index is 11.1. The molecule has 0 rings (SSSR count). The van der Waals surface area contributed by atoms with Gasteiger partial charge in [0.25, 0.3) is 0 Å². The fourth-order valence-corrected chi connectivity index (χ4v) is 2.09. The van der Waals surface area contributed by atoms with Gasteiger partial charge in [-0.05, 0) is 32.6 Å².